The highest BCUT2D eigenvalue weighted by Crippen LogP contribution is 2.43. The monoisotopic (exact) mass is 441 g/mol. The molecule has 172 valence electrons. The first-order valence-corrected chi connectivity index (χ1v) is 10.8. The zero-order valence-corrected chi connectivity index (χ0v) is 19.2. The van der Waals surface area contributed by atoms with Gasteiger partial charge in [-0.1, -0.05) is 48.5 Å². The molecule has 0 aliphatic carbocycles. The van der Waals surface area contributed by atoms with Crippen molar-refractivity contribution in [2.24, 2.45) is 0 Å². The zero-order chi connectivity index (χ0) is 22.9. The van der Waals surface area contributed by atoms with Crippen LogP contribution in [0.2, 0.25) is 0 Å². The third-order valence-corrected chi connectivity index (χ3v) is 6.72. The standard InChI is InChI=1S/C25H31NO6/c1-17(18-12-8-6-9-13-18)26-21(22(23(26)27)31-19-14-10-7-11-15-19)20-16-30-24(2,28-4)25(3,29-5)32-20/h6-15,17,20-22H,16H2,1-5H3/t17-,20+,21+,22-,24-,25-/m1/s1. The van der Waals surface area contributed by atoms with Crippen LogP contribution in [0.1, 0.15) is 32.4 Å². The van der Waals surface area contributed by atoms with E-state index < -0.39 is 23.8 Å². The van der Waals surface area contributed by atoms with Crippen molar-refractivity contribution in [1.29, 1.82) is 0 Å². The Hall–Kier alpha value is -2.45. The van der Waals surface area contributed by atoms with Crippen molar-refractivity contribution in [2.45, 2.75) is 56.6 Å². The first-order valence-electron chi connectivity index (χ1n) is 10.8. The normalized spacial score (nSPS) is 33.5. The van der Waals surface area contributed by atoms with E-state index >= 15 is 0 Å². The van der Waals surface area contributed by atoms with Gasteiger partial charge in [-0.05, 0) is 38.5 Å². The van der Waals surface area contributed by atoms with Crippen LogP contribution < -0.4 is 4.74 Å². The number of nitrogens with zero attached hydrogens (tertiary/aromatic N) is 1. The number of rotatable bonds is 7. The predicted octanol–water partition coefficient (Wildman–Crippen LogP) is 3.55. The number of ether oxygens (including phenoxy) is 5. The van der Waals surface area contributed by atoms with Crippen molar-refractivity contribution in [3.63, 3.8) is 0 Å². The molecule has 0 N–H and O–H groups in total. The number of carbonyl (C=O) groups is 1. The molecular weight excluding hydrogens is 410 g/mol. The van der Waals surface area contributed by atoms with Crippen LogP contribution in [0.15, 0.2) is 60.7 Å². The highest BCUT2D eigenvalue weighted by molar-refractivity contribution is 5.89. The molecule has 2 heterocycles. The highest BCUT2D eigenvalue weighted by atomic mass is 16.8. The first kappa shape index (κ1) is 22.7. The molecule has 2 aliphatic rings. The summed E-state index contributed by atoms with van der Waals surface area (Å²) in [5, 5.41) is 0. The van der Waals surface area contributed by atoms with E-state index in [0.29, 0.717) is 5.75 Å². The molecule has 2 aromatic carbocycles. The Labute approximate surface area is 189 Å². The van der Waals surface area contributed by atoms with Crippen molar-refractivity contribution in [3.8, 4) is 5.75 Å². The number of carbonyl (C=O) groups excluding carboxylic acids is 1. The van der Waals surface area contributed by atoms with Crippen molar-refractivity contribution in [3.05, 3.63) is 66.2 Å². The van der Waals surface area contributed by atoms with Gasteiger partial charge in [0.25, 0.3) is 5.91 Å². The zero-order valence-electron chi connectivity index (χ0n) is 19.2. The smallest absolute Gasteiger partial charge is 0.266 e. The number of likely N-dealkylation sites (tertiary alicyclic amines) is 1. The van der Waals surface area contributed by atoms with Crippen LogP contribution >= 0.6 is 0 Å². The maximum Gasteiger partial charge on any atom is 0.266 e. The Balaban J connectivity index is 1.64. The minimum absolute atomic E-state index is 0.0852. The van der Waals surface area contributed by atoms with Crippen molar-refractivity contribution in [1.82, 2.24) is 4.90 Å². The summed E-state index contributed by atoms with van der Waals surface area (Å²) in [5.74, 6) is -1.70. The molecular formula is C25H31NO6. The summed E-state index contributed by atoms with van der Waals surface area (Å²) in [6, 6.07) is 18.7. The fraction of sp³-hybridized carbons (Fsp3) is 0.480. The number of benzene rings is 2. The van der Waals surface area contributed by atoms with Gasteiger partial charge in [0.15, 0.2) is 6.10 Å². The first-order chi connectivity index (χ1) is 15.3. The van der Waals surface area contributed by atoms with Gasteiger partial charge in [0, 0.05) is 14.2 Å². The summed E-state index contributed by atoms with van der Waals surface area (Å²) in [4.78, 5) is 15.1. The summed E-state index contributed by atoms with van der Waals surface area (Å²) in [7, 11) is 3.11. The number of para-hydroxylation sites is 1. The molecule has 2 saturated heterocycles. The van der Waals surface area contributed by atoms with E-state index in [-0.39, 0.29) is 24.6 Å². The summed E-state index contributed by atoms with van der Waals surface area (Å²) >= 11 is 0. The van der Waals surface area contributed by atoms with Gasteiger partial charge in [0.1, 0.15) is 17.9 Å². The van der Waals surface area contributed by atoms with Crippen molar-refractivity contribution < 1.29 is 28.5 Å². The number of methoxy groups -OCH3 is 2. The van der Waals surface area contributed by atoms with Gasteiger partial charge in [0.05, 0.1) is 12.6 Å². The lowest BCUT2D eigenvalue weighted by molar-refractivity contribution is -0.437. The highest BCUT2D eigenvalue weighted by Gasteiger charge is 2.61. The lowest BCUT2D eigenvalue weighted by Gasteiger charge is -2.56. The van der Waals surface area contributed by atoms with E-state index in [0.717, 1.165) is 5.56 Å². The molecule has 1 amide bonds. The Kier molecular flexibility index (Phi) is 6.27. The van der Waals surface area contributed by atoms with Gasteiger partial charge in [-0.2, -0.15) is 0 Å². The van der Waals surface area contributed by atoms with Crippen LogP contribution in [-0.2, 0) is 23.7 Å². The average molecular weight is 442 g/mol. The number of hydrogen-bond acceptors (Lipinski definition) is 6. The molecule has 0 unspecified atom stereocenters. The minimum atomic E-state index is -1.16. The molecule has 0 aromatic heterocycles. The molecule has 32 heavy (non-hydrogen) atoms. The SMILES string of the molecule is CO[C@]1(C)OC[C@@H]([C@H]2[C@@H](Oc3ccccc3)C(=O)N2[C@H](C)c2ccccc2)O[C@@]1(C)OC. The molecule has 4 rings (SSSR count). The molecule has 2 aliphatic heterocycles. The summed E-state index contributed by atoms with van der Waals surface area (Å²) in [6.07, 6.45) is -1.16. The summed E-state index contributed by atoms with van der Waals surface area (Å²) in [5.41, 5.74) is 1.04. The van der Waals surface area contributed by atoms with Crippen molar-refractivity contribution in [2.75, 3.05) is 20.8 Å². The molecule has 7 heteroatoms. The largest absolute Gasteiger partial charge is 0.478 e. The second-order valence-corrected chi connectivity index (χ2v) is 8.44. The minimum Gasteiger partial charge on any atom is -0.478 e. The Morgan fingerprint density at radius 2 is 1.56 bits per heavy atom. The second-order valence-electron chi connectivity index (χ2n) is 8.44. The lowest BCUT2D eigenvalue weighted by Crippen LogP contribution is -2.75. The fourth-order valence-electron chi connectivity index (χ4n) is 4.43. The van der Waals surface area contributed by atoms with Gasteiger partial charge >= 0.3 is 0 Å². The molecule has 6 atom stereocenters. The van der Waals surface area contributed by atoms with Gasteiger partial charge in [-0.25, -0.2) is 0 Å². The summed E-state index contributed by atoms with van der Waals surface area (Å²) in [6.45, 7) is 5.80. The molecule has 0 spiro atoms. The third kappa shape index (κ3) is 3.79. The Morgan fingerprint density at radius 1 is 0.969 bits per heavy atom. The molecule has 0 bridgehead atoms. The molecule has 0 saturated carbocycles. The average Bonchev–Trinajstić information content (AvgIpc) is 2.83. The van der Waals surface area contributed by atoms with Gasteiger partial charge < -0.3 is 28.6 Å². The molecule has 0 radical (unpaired) electrons. The Morgan fingerprint density at radius 3 is 2.16 bits per heavy atom. The molecule has 2 fully saturated rings. The van der Waals surface area contributed by atoms with Gasteiger partial charge in [0.2, 0.25) is 11.6 Å². The van der Waals surface area contributed by atoms with Gasteiger partial charge in [-0.15, -0.1) is 0 Å². The van der Waals surface area contributed by atoms with Crippen LogP contribution in [0.4, 0.5) is 0 Å². The van der Waals surface area contributed by atoms with Crippen LogP contribution in [0.25, 0.3) is 0 Å². The number of amides is 1. The number of β-lactam (4-membered cyclic amide) rings is 1. The lowest BCUT2D eigenvalue weighted by atomic mass is 9.87. The van der Waals surface area contributed by atoms with Crippen LogP contribution in [0, 0.1) is 0 Å². The van der Waals surface area contributed by atoms with Crippen LogP contribution in [-0.4, -0.2) is 61.5 Å². The third-order valence-electron chi connectivity index (χ3n) is 6.72. The fourth-order valence-corrected chi connectivity index (χ4v) is 4.43. The van der Waals surface area contributed by atoms with E-state index in [1.807, 2.05) is 72.5 Å². The number of hydrogen-bond donors (Lipinski definition) is 0. The van der Waals surface area contributed by atoms with Crippen LogP contribution in [0.5, 0.6) is 5.75 Å². The topological polar surface area (TPSA) is 66.5 Å². The quantitative estimate of drug-likeness (QED) is 0.613. The van der Waals surface area contributed by atoms with E-state index in [9.17, 15) is 4.79 Å². The van der Waals surface area contributed by atoms with E-state index in [1.54, 1.807) is 28.1 Å². The van der Waals surface area contributed by atoms with E-state index in [4.69, 9.17) is 23.7 Å². The molecule has 2 aromatic rings. The predicted molar refractivity (Wildman–Crippen MR) is 118 cm³/mol. The van der Waals surface area contributed by atoms with Crippen molar-refractivity contribution >= 4 is 5.91 Å². The maximum atomic E-state index is 13.3. The summed E-state index contributed by atoms with van der Waals surface area (Å²) < 4.78 is 29.9. The van der Waals surface area contributed by atoms with Crippen LogP contribution in [0.3, 0.4) is 0 Å². The van der Waals surface area contributed by atoms with Gasteiger partial charge in [-0.3, -0.25) is 4.79 Å². The molecule has 7 nitrogen and oxygen atoms in total. The van der Waals surface area contributed by atoms with E-state index in [1.165, 1.54) is 0 Å². The Bertz CT molecular complexity index is 925. The van der Waals surface area contributed by atoms with E-state index in [2.05, 4.69) is 0 Å². The maximum absolute atomic E-state index is 13.3. The second kappa shape index (κ2) is 8.83.